The van der Waals surface area contributed by atoms with Crippen LogP contribution in [-0.2, 0) is 5.41 Å². The maximum absolute atomic E-state index is 12.3. The molecule has 138 valence electrons. The highest BCUT2D eigenvalue weighted by molar-refractivity contribution is 5.90. The van der Waals surface area contributed by atoms with Crippen LogP contribution in [0.1, 0.15) is 47.8 Å². The summed E-state index contributed by atoms with van der Waals surface area (Å²) in [6.45, 7) is 10.5. The van der Waals surface area contributed by atoms with E-state index >= 15 is 0 Å². The van der Waals surface area contributed by atoms with Crippen molar-refractivity contribution in [3.8, 4) is 17.1 Å². The summed E-state index contributed by atoms with van der Waals surface area (Å²) in [5, 5.41) is 8.27. The van der Waals surface area contributed by atoms with E-state index in [-0.39, 0.29) is 11.3 Å². The minimum absolute atomic E-state index is 0.0394. The first-order valence-corrected chi connectivity index (χ1v) is 8.98. The number of esters is 1. The Morgan fingerprint density at radius 2 is 1.59 bits per heavy atom. The molecular formula is C23H24N2O2. The molecule has 0 amide bonds. The molecular weight excluding hydrogens is 336 g/mol. The van der Waals surface area contributed by atoms with Gasteiger partial charge in [-0.15, -0.1) is 10.2 Å². The summed E-state index contributed by atoms with van der Waals surface area (Å²) in [7, 11) is 0. The van der Waals surface area contributed by atoms with Crippen molar-refractivity contribution in [3.63, 3.8) is 0 Å². The van der Waals surface area contributed by atoms with Gasteiger partial charge in [0.05, 0.1) is 11.3 Å². The van der Waals surface area contributed by atoms with Crippen molar-refractivity contribution in [1.29, 1.82) is 0 Å². The van der Waals surface area contributed by atoms with Gasteiger partial charge >= 0.3 is 5.97 Å². The first-order chi connectivity index (χ1) is 12.7. The van der Waals surface area contributed by atoms with Gasteiger partial charge in [0.1, 0.15) is 0 Å². The molecule has 0 aliphatic rings. The fourth-order valence-corrected chi connectivity index (χ4v) is 2.79. The summed E-state index contributed by atoms with van der Waals surface area (Å²) >= 11 is 0. The number of hydrogen-bond donors (Lipinski definition) is 0. The number of rotatable bonds is 3. The number of carbonyl (C=O) groups excluding carboxylic acids is 1. The maximum atomic E-state index is 12.3. The second-order valence-corrected chi connectivity index (χ2v) is 7.79. The molecule has 1 aromatic heterocycles. The molecule has 0 spiro atoms. The van der Waals surface area contributed by atoms with Crippen molar-refractivity contribution in [1.82, 2.24) is 10.2 Å². The van der Waals surface area contributed by atoms with Crippen LogP contribution in [0.25, 0.3) is 11.3 Å². The van der Waals surface area contributed by atoms with Crippen molar-refractivity contribution in [2.45, 2.75) is 40.0 Å². The van der Waals surface area contributed by atoms with Crippen molar-refractivity contribution in [2.24, 2.45) is 0 Å². The Morgan fingerprint density at radius 1 is 0.889 bits per heavy atom. The lowest BCUT2D eigenvalue weighted by Gasteiger charge is -2.18. The Labute approximate surface area is 160 Å². The van der Waals surface area contributed by atoms with Crippen LogP contribution in [0.15, 0.2) is 54.6 Å². The molecule has 1 heterocycles. The second-order valence-electron chi connectivity index (χ2n) is 7.79. The molecule has 0 saturated heterocycles. The number of ether oxygens (including phenoxy) is 1. The van der Waals surface area contributed by atoms with Gasteiger partial charge in [0.2, 0.25) is 5.88 Å². The first-order valence-electron chi connectivity index (χ1n) is 8.98. The first kappa shape index (κ1) is 18.8. The van der Waals surface area contributed by atoms with Crippen LogP contribution >= 0.6 is 0 Å². The molecule has 0 bridgehead atoms. The van der Waals surface area contributed by atoms with Gasteiger partial charge in [-0.05, 0) is 54.7 Å². The molecule has 0 aliphatic carbocycles. The van der Waals surface area contributed by atoms with Gasteiger partial charge in [-0.2, -0.15) is 0 Å². The van der Waals surface area contributed by atoms with E-state index in [4.69, 9.17) is 4.74 Å². The predicted molar refractivity (Wildman–Crippen MR) is 107 cm³/mol. The average Bonchev–Trinajstić information content (AvgIpc) is 2.64. The Morgan fingerprint density at radius 3 is 2.19 bits per heavy atom. The zero-order valence-electron chi connectivity index (χ0n) is 16.4. The van der Waals surface area contributed by atoms with Gasteiger partial charge in [0.25, 0.3) is 0 Å². The van der Waals surface area contributed by atoms with Crippen LogP contribution in [0, 0.1) is 13.8 Å². The monoisotopic (exact) mass is 360 g/mol. The zero-order chi connectivity index (χ0) is 19.6. The molecule has 0 unspecified atom stereocenters. The zero-order valence-corrected chi connectivity index (χ0v) is 16.4. The van der Waals surface area contributed by atoms with Crippen LogP contribution in [0.2, 0.25) is 0 Å². The Hall–Kier alpha value is -3.01. The van der Waals surface area contributed by atoms with Crippen LogP contribution < -0.4 is 4.74 Å². The van der Waals surface area contributed by atoms with E-state index in [1.165, 1.54) is 0 Å². The predicted octanol–water partition coefficient (Wildman–Crippen LogP) is 5.28. The molecule has 0 N–H and O–H groups in total. The van der Waals surface area contributed by atoms with E-state index in [0.29, 0.717) is 5.56 Å². The van der Waals surface area contributed by atoms with Crippen molar-refractivity contribution in [2.75, 3.05) is 0 Å². The number of nitrogens with zero attached hydrogens (tertiary/aromatic N) is 2. The quantitative estimate of drug-likeness (QED) is 0.597. The molecule has 2 aromatic carbocycles. The number of carbonyl (C=O) groups is 1. The molecule has 3 rings (SSSR count). The third kappa shape index (κ3) is 4.40. The number of aryl methyl sites for hydroxylation is 2. The maximum Gasteiger partial charge on any atom is 0.344 e. The smallest absolute Gasteiger partial charge is 0.344 e. The molecule has 4 nitrogen and oxygen atoms in total. The Bertz CT molecular complexity index is 953. The third-order valence-electron chi connectivity index (χ3n) is 4.49. The molecule has 4 heteroatoms. The van der Waals surface area contributed by atoms with E-state index in [2.05, 4.69) is 49.2 Å². The van der Waals surface area contributed by atoms with Gasteiger partial charge in [-0.3, -0.25) is 0 Å². The number of benzene rings is 2. The summed E-state index contributed by atoms with van der Waals surface area (Å²) in [5.74, 6) is -0.252. The standard InChI is InChI=1S/C23H24N2O2/c1-15-6-7-16(2)19(14-15)20-12-13-21(25-24-20)27-22(26)17-8-10-18(11-9-17)23(3,4)5/h6-14H,1-5H3. The number of aromatic nitrogens is 2. The van der Waals surface area contributed by atoms with Crippen LogP contribution in [0.5, 0.6) is 5.88 Å². The summed E-state index contributed by atoms with van der Waals surface area (Å²) in [6, 6.07) is 17.1. The average molecular weight is 360 g/mol. The lowest BCUT2D eigenvalue weighted by Crippen LogP contribution is -2.13. The van der Waals surface area contributed by atoms with E-state index in [1.54, 1.807) is 18.2 Å². The van der Waals surface area contributed by atoms with Gasteiger partial charge in [-0.1, -0.05) is 50.6 Å². The molecule has 0 atom stereocenters. The van der Waals surface area contributed by atoms with E-state index < -0.39 is 5.97 Å². The molecule has 0 fully saturated rings. The highest BCUT2D eigenvalue weighted by Crippen LogP contribution is 2.24. The normalized spacial score (nSPS) is 11.3. The lowest BCUT2D eigenvalue weighted by atomic mass is 9.87. The third-order valence-corrected chi connectivity index (χ3v) is 4.49. The highest BCUT2D eigenvalue weighted by Gasteiger charge is 2.15. The van der Waals surface area contributed by atoms with E-state index in [1.807, 2.05) is 32.0 Å². The fraction of sp³-hybridized carbons (Fsp3) is 0.261. The minimum Gasteiger partial charge on any atom is -0.402 e. The molecule has 0 saturated carbocycles. The van der Waals surface area contributed by atoms with Gasteiger partial charge < -0.3 is 4.74 Å². The second kappa shape index (κ2) is 7.31. The van der Waals surface area contributed by atoms with Crippen molar-refractivity contribution in [3.05, 3.63) is 76.9 Å². The Balaban J connectivity index is 1.74. The van der Waals surface area contributed by atoms with Crippen LogP contribution in [-0.4, -0.2) is 16.2 Å². The largest absolute Gasteiger partial charge is 0.402 e. The molecule has 3 aromatic rings. The SMILES string of the molecule is Cc1ccc(C)c(-c2ccc(OC(=O)c3ccc(C(C)(C)C)cc3)nn2)c1. The van der Waals surface area contributed by atoms with E-state index in [0.717, 1.165) is 27.9 Å². The summed E-state index contributed by atoms with van der Waals surface area (Å²) in [6.07, 6.45) is 0. The van der Waals surface area contributed by atoms with Crippen molar-refractivity contribution >= 4 is 5.97 Å². The van der Waals surface area contributed by atoms with Crippen LogP contribution in [0.4, 0.5) is 0 Å². The highest BCUT2D eigenvalue weighted by atomic mass is 16.5. The summed E-state index contributed by atoms with van der Waals surface area (Å²) < 4.78 is 5.36. The number of hydrogen-bond acceptors (Lipinski definition) is 4. The minimum atomic E-state index is -0.441. The molecule has 0 aliphatic heterocycles. The van der Waals surface area contributed by atoms with Gasteiger partial charge in [0.15, 0.2) is 0 Å². The summed E-state index contributed by atoms with van der Waals surface area (Å²) in [4.78, 5) is 12.3. The van der Waals surface area contributed by atoms with Crippen molar-refractivity contribution < 1.29 is 9.53 Å². The van der Waals surface area contributed by atoms with Crippen LogP contribution in [0.3, 0.4) is 0 Å². The Kier molecular flexibility index (Phi) is 5.08. The lowest BCUT2D eigenvalue weighted by molar-refractivity contribution is 0.0726. The van der Waals surface area contributed by atoms with Gasteiger partial charge in [0, 0.05) is 11.6 Å². The summed E-state index contributed by atoms with van der Waals surface area (Å²) in [5.41, 5.74) is 5.76. The van der Waals surface area contributed by atoms with E-state index in [9.17, 15) is 4.79 Å². The topological polar surface area (TPSA) is 52.1 Å². The van der Waals surface area contributed by atoms with Gasteiger partial charge in [-0.25, -0.2) is 4.79 Å². The molecule has 27 heavy (non-hydrogen) atoms. The fourth-order valence-electron chi connectivity index (χ4n) is 2.79. The molecule has 0 radical (unpaired) electrons.